The Morgan fingerprint density at radius 1 is 0.794 bits per heavy atom. The van der Waals surface area contributed by atoms with Crippen molar-refractivity contribution in [3.05, 3.63) is 102 Å². The third-order valence-corrected chi connectivity index (χ3v) is 9.70. The average molecular weight is 491 g/mol. The molecule has 0 spiro atoms. The summed E-state index contributed by atoms with van der Waals surface area (Å²) in [7, 11) is -0.414. The Balaban J connectivity index is 1.40. The molecular formula is C28H35N4PS. The van der Waals surface area contributed by atoms with Crippen LogP contribution in [0.15, 0.2) is 91.0 Å². The molecule has 1 fully saturated rings. The molecule has 0 aliphatic carbocycles. The molecule has 1 heterocycles. The fourth-order valence-electron chi connectivity index (χ4n) is 4.55. The number of rotatable bonds is 9. The fraction of sp³-hybridized carbons (Fsp3) is 0.321. The number of nitrogens with one attached hydrogen (secondary N) is 2. The van der Waals surface area contributed by atoms with Gasteiger partial charge in [0.15, 0.2) is 5.11 Å². The van der Waals surface area contributed by atoms with Gasteiger partial charge in [0.25, 0.3) is 0 Å². The number of para-hydroxylation sites is 1. The van der Waals surface area contributed by atoms with Gasteiger partial charge < -0.3 is 10.6 Å². The highest BCUT2D eigenvalue weighted by Crippen LogP contribution is 2.56. The fourth-order valence-corrected chi connectivity index (χ4v) is 7.73. The number of nitrogens with zero attached hydrogens (tertiary/aromatic N) is 2. The van der Waals surface area contributed by atoms with E-state index in [9.17, 15) is 0 Å². The van der Waals surface area contributed by atoms with Crippen LogP contribution in [-0.4, -0.2) is 40.2 Å². The zero-order valence-corrected chi connectivity index (χ0v) is 21.8. The number of benzene rings is 3. The highest BCUT2D eigenvalue weighted by molar-refractivity contribution is 7.80. The Labute approximate surface area is 211 Å². The van der Waals surface area contributed by atoms with Crippen LogP contribution in [0.4, 0.5) is 5.69 Å². The molecule has 1 aliphatic rings. The Hall–Kier alpha value is -2.30. The molecule has 3 aromatic carbocycles. The third kappa shape index (κ3) is 6.43. The topological polar surface area (TPSA) is 30.5 Å². The quantitative estimate of drug-likeness (QED) is 0.195. The van der Waals surface area contributed by atoms with Gasteiger partial charge >= 0.3 is 0 Å². The lowest BCUT2D eigenvalue weighted by molar-refractivity contribution is 0.377. The van der Waals surface area contributed by atoms with Gasteiger partial charge in [-0.1, -0.05) is 78.9 Å². The summed E-state index contributed by atoms with van der Waals surface area (Å²) in [4.78, 5) is 0. The van der Waals surface area contributed by atoms with E-state index < -0.39 is 8.22 Å². The largest absolute Gasteiger partial charge is 0.362 e. The van der Waals surface area contributed by atoms with E-state index in [1.165, 1.54) is 11.1 Å². The van der Waals surface area contributed by atoms with Gasteiger partial charge in [0.05, 0.1) is 0 Å². The summed E-state index contributed by atoms with van der Waals surface area (Å²) < 4.78 is 5.48. The van der Waals surface area contributed by atoms with Gasteiger partial charge in [0.1, 0.15) is 0 Å². The number of hydrogen-bond donors (Lipinski definition) is 2. The summed E-state index contributed by atoms with van der Waals surface area (Å²) in [5.41, 5.74) is 3.82. The monoisotopic (exact) mass is 490 g/mol. The summed E-state index contributed by atoms with van der Waals surface area (Å²) in [6, 6.07) is 32.8. The molecule has 2 atom stereocenters. The molecule has 6 heteroatoms. The Kier molecular flexibility index (Phi) is 9.06. The predicted molar refractivity (Wildman–Crippen MR) is 150 cm³/mol. The van der Waals surface area contributed by atoms with Crippen molar-refractivity contribution in [2.24, 2.45) is 0 Å². The maximum Gasteiger partial charge on any atom is 0.170 e. The minimum absolute atomic E-state index is 0.411. The third-order valence-electron chi connectivity index (χ3n) is 6.46. The Bertz CT molecular complexity index is 965. The van der Waals surface area contributed by atoms with E-state index in [-0.39, 0.29) is 0 Å². The summed E-state index contributed by atoms with van der Waals surface area (Å²) in [5.74, 6) is 0. The van der Waals surface area contributed by atoms with E-state index >= 15 is 0 Å². The first-order valence-electron chi connectivity index (χ1n) is 12.1. The van der Waals surface area contributed by atoms with Crippen molar-refractivity contribution in [2.75, 3.05) is 31.1 Å². The smallest absolute Gasteiger partial charge is 0.170 e. The standard InChI is InChI=1S/C28H35N4PS/c1-23(25-13-6-3-7-14-25)31-20-21-32(24(2)26-15-8-4-9-16-26)33(31)22-12-19-29-28(34)30-27-17-10-5-11-18-27/h3-11,13-18,23-24H,12,19-22H2,1-2H3,(H2,29,30,34)/t23-,24-/m0/s1. The molecule has 0 aromatic heterocycles. The van der Waals surface area contributed by atoms with Crippen LogP contribution in [0.3, 0.4) is 0 Å². The van der Waals surface area contributed by atoms with Gasteiger partial charge in [0.2, 0.25) is 0 Å². The SMILES string of the molecule is C[C@@H](c1ccccc1)N1CCN([C@@H](C)c2ccccc2)P1CCCNC(=S)Nc1ccccc1. The van der Waals surface area contributed by atoms with Gasteiger partial charge in [-0.25, -0.2) is 0 Å². The van der Waals surface area contributed by atoms with Crippen LogP contribution < -0.4 is 10.6 Å². The van der Waals surface area contributed by atoms with Crippen molar-refractivity contribution in [1.29, 1.82) is 0 Å². The van der Waals surface area contributed by atoms with Crippen molar-refractivity contribution in [1.82, 2.24) is 14.7 Å². The normalized spacial score (nSPS) is 16.8. The molecule has 0 saturated carbocycles. The molecule has 3 aromatic rings. The van der Waals surface area contributed by atoms with Crippen LogP contribution in [0.5, 0.6) is 0 Å². The van der Waals surface area contributed by atoms with Crippen molar-refractivity contribution >= 4 is 31.2 Å². The van der Waals surface area contributed by atoms with Gasteiger partial charge in [-0.05, 0) is 61.9 Å². The maximum absolute atomic E-state index is 5.50. The molecule has 2 N–H and O–H groups in total. The predicted octanol–water partition coefficient (Wildman–Crippen LogP) is 6.82. The molecule has 0 unspecified atom stereocenters. The Morgan fingerprint density at radius 3 is 1.76 bits per heavy atom. The molecule has 1 saturated heterocycles. The minimum Gasteiger partial charge on any atom is -0.362 e. The van der Waals surface area contributed by atoms with Crippen LogP contribution in [-0.2, 0) is 0 Å². The van der Waals surface area contributed by atoms with E-state index in [0.717, 1.165) is 37.9 Å². The summed E-state index contributed by atoms with van der Waals surface area (Å²) >= 11 is 5.50. The number of hydrogen-bond acceptors (Lipinski definition) is 3. The molecule has 0 amide bonds. The zero-order valence-electron chi connectivity index (χ0n) is 20.1. The average Bonchev–Trinajstić information content (AvgIpc) is 3.31. The Morgan fingerprint density at radius 2 is 1.26 bits per heavy atom. The maximum atomic E-state index is 5.50. The molecule has 1 aliphatic heterocycles. The van der Waals surface area contributed by atoms with Crippen molar-refractivity contribution in [3.8, 4) is 0 Å². The zero-order chi connectivity index (χ0) is 23.8. The lowest BCUT2D eigenvalue weighted by atomic mass is 10.1. The molecule has 4 rings (SSSR count). The molecular weight excluding hydrogens is 455 g/mol. The van der Waals surface area contributed by atoms with Crippen molar-refractivity contribution in [3.63, 3.8) is 0 Å². The molecule has 0 radical (unpaired) electrons. The second-order valence-corrected chi connectivity index (χ2v) is 11.3. The lowest BCUT2D eigenvalue weighted by Gasteiger charge is -2.37. The summed E-state index contributed by atoms with van der Waals surface area (Å²) in [6.45, 7) is 7.82. The molecule has 178 valence electrons. The molecule has 34 heavy (non-hydrogen) atoms. The van der Waals surface area contributed by atoms with Crippen LogP contribution in [0.25, 0.3) is 0 Å². The highest BCUT2D eigenvalue weighted by atomic mass is 32.1. The van der Waals surface area contributed by atoms with Gasteiger partial charge in [-0.2, -0.15) is 0 Å². The van der Waals surface area contributed by atoms with Crippen molar-refractivity contribution in [2.45, 2.75) is 32.4 Å². The van der Waals surface area contributed by atoms with Crippen LogP contribution >= 0.6 is 20.4 Å². The minimum atomic E-state index is -0.414. The van der Waals surface area contributed by atoms with Gasteiger partial charge in [-0.3, -0.25) is 9.34 Å². The first-order valence-corrected chi connectivity index (χ1v) is 14.0. The van der Waals surface area contributed by atoms with Crippen molar-refractivity contribution < 1.29 is 0 Å². The first kappa shape index (κ1) is 24.8. The van der Waals surface area contributed by atoms with E-state index in [4.69, 9.17) is 12.2 Å². The second-order valence-electron chi connectivity index (χ2n) is 8.70. The van der Waals surface area contributed by atoms with Crippen LogP contribution in [0, 0.1) is 0 Å². The van der Waals surface area contributed by atoms with Gasteiger partial charge in [-0.15, -0.1) is 0 Å². The number of anilines is 1. The van der Waals surface area contributed by atoms with E-state index in [1.54, 1.807) is 0 Å². The first-order chi connectivity index (χ1) is 16.6. The van der Waals surface area contributed by atoms with Crippen LogP contribution in [0.1, 0.15) is 43.5 Å². The number of thiocarbonyl (C=S) groups is 1. The van der Waals surface area contributed by atoms with Gasteiger partial charge in [0, 0.05) is 45.6 Å². The second kappa shape index (κ2) is 12.4. The summed E-state index contributed by atoms with van der Waals surface area (Å²) in [6.07, 6.45) is 2.24. The highest BCUT2D eigenvalue weighted by Gasteiger charge is 2.37. The summed E-state index contributed by atoms with van der Waals surface area (Å²) in [5, 5.41) is 7.36. The lowest BCUT2D eigenvalue weighted by Crippen LogP contribution is -2.30. The van der Waals surface area contributed by atoms with E-state index in [1.807, 2.05) is 30.3 Å². The molecule has 0 bridgehead atoms. The molecule has 4 nitrogen and oxygen atoms in total. The van der Waals surface area contributed by atoms with Crippen LogP contribution in [0.2, 0.25) is 0 Å². The van der Waals surface area contributed by atoms with E-state index in [0.29, 0.717) is 17.2 Å². The van der Waals surface area contributed by atoms with E-state index in [2.05, 4.69) is 94.5 Å².